The van der Waals surface area contributed by atoms with E-state index >= 15 is 0 Å². The Labute approximate surface area is 108 Å². The standard InChI is InChI=1S/C15H20O3/c1-12(2)8-7-9-13(3)17-15(16)18-14-10-5-4-6-11-14/h4-6,8,10-11,13H,7,9H2,1-3H3. The molecule has 3 nitrogen and oxygen atoms in total. The van der Waals surface area contributed by atoms with Gasteiger partial charge in [-0.3, -0.25) is 0 Å². The predicted molar refractivity (Wildman–Crippen MR) is 71.7 cm³/mol. The van der Waals surface area contributed by atoms with Crippen molar-refractivity contribution in [2.45, 2.75) is 39.7 Å². The molecule has 3 heteroatoms. The maximum atomic E-state index is 11.5. The van der Waals surface area contributed by atoms with Gasteiger partial charge in [-0.25, -0.2) is 4.79 Å². The average molecular weight is 248 g/mol. The molecule has 1 aromatic carbocycles. The highest BCUT2D eigenvalue weighted by Gasteiger charge is 2.10. The number of ether oxygens (including phenoxy) is 2. The minimum absolute atomic E-state index is 0.142. The highest BCUT2D eigenvalue weighted by Crippen LogP contribution is 2.11. The zero-order chi connectivity index (χ0) is 13.4. The Kier molecular flexibility index (Phi) is 5.98. The predicted octanol–water partition coefficient (Wildman–Crippen LogP) is 4.34. The fourth-order valence-electron chi connectivity index (χ4n) is 1.44. The Hall–Kier alpha value is -1.77. The molecule has 0 aromatic heterocycles. The van der Waals surface area contributed by atoms with Crippen LogP contribution in [0.2, 0.25) is 0 Å². The van der Waals surface area contributed by atoms with Crippen molar-refractivity contribution < 1.29 is 14.3 Å². The molecule has 0 spiro atoms. The molecule has 0 saturated heterocycles. The van der Waals surface area contributed by atoms with Gasteiger partial charge in [0, 0.05) is 0 Å². The van der Waals surface area contributed by atoms with Gasteiger partial charge in [0.05, 0.1) is 0 Å². The van der Waals surface area contributed by atoms with Crippen LogP contribution in [-0.4, -0.2) is 12.3 Å². The number of allylic oxidation sites excluding steroid dienone is 2. The van der Waals surface area contributed by atoms with E-state index in [0.717, 1.165) is 12.8 Å². The normalized spacial score (nSPS) is 11.5. The van der Waals surface area contributed by atoms with Gasteiger partial charge in [0.1, 0.15) is 11.9 Å². The first-order valence-corrected chi connectivity index (χ1v) is 6.15. The van der Waals surface area contributed by atoms with Crippen LogP contribution in [0.25, 0.3) is 0 Å². The topological polar surface area (TPSA) is 35.5 Å². The quantitative estimate of drug-likeness (QED) is 0.442. The van der Waals surface area contributed by atoms with Gasteiger partial charge in [0.15, 0.2) is 0 Å². The molecule has 1 rings (SSSR count). The average Bonchev–Trinajstić information content (AvgIpc) is 2.29. The molecule has 0 aliphatic carbocycles. The van der Waals surface area contributed by atoms with Crippen molar-refractivity contribution >= 4 is 6.16 Å². The fraction of sp³-hybridized carbons (Fsp3) is 0.400. The summed E-state index contributed by atoms with van der Waals surface area (Å²) in [5.74, 6) is 0.499. The molecule has 0 aliphatic heterocycles. The first-order valence-electron chi connectivity index (χ1n) is 6.15. The van der Waals surface area contributed by atoms with E-state index in [1.807, 2.05) is 13.0 Å². The summed E-state index contributed by atoms with van der Waals surface area (Å²) in [6, 6.07) is 8.91. The van der Waals surface area contributed by atoms with E-state index in [4.69, 9.17) is 9.47 Å². The van der Waals surface area contributed by atoms with Gasteiger partial charge in [-0.15, -0.1) is 0 Å². The molecule has 0 amide bonds. The first kappa shape index (κ1) is 14.3. The molecule has 0 N–H and O–H groups in total. The smallest absolute Gasteiger partial charge is 0.431 e. The summed E-state index contributed by atoms with van der Waals surface area (Å²) < 4.78 is 10.2. The third-order valence-electron chi connectivity index (χ3n) is 2.37. The highest BCUT2D eigenvalue weighted by molar-refractivity contribution is 5.63. The lowest BCUT2D eigenvalue weighted by Gasteiger charge is -2.12. The zero-order valence-corrected chi connectivity index (χ0v) is 11.2. The van der Waals surface area contributed by atoms with Crippen LogP contribution < -0.4 is 4.74 Å². The summed E-state index contributed by atoms with van der Waals surface area (Å²) in [5, 5.41) is 0. The van der Waals surface area contributed by atoms with E-state index in [2.05, 4.69) is 19.9 Å². The minimum Gasteiger partial charge on any atom is -0.431 e. The van der Waals surface area contributed by atoms with Crippen molar-refractivity contribution in [1.29, 1.82) is 0 Å². The summed E-state index contributed by atoms with van der Waals surface area (Å²) in [5.41, 5.74) is 1.27. The Morgan fingerprint density at radius 3 is 2.56 bits per heavy atom. The van der Waals surface area contributed by atoms with Gasteiger partial charge in [-0.2, -0.15) is 0 Å². The minimum atomic E-state index is -0.647. The molecule has 0 radical (unpaired) electrons. The molecule has 1 unspecified atom stereocenters. The summed E-state index contributed by atoms with van der Waals surface area (Å²) in [6.07, 6.45) is 3.04. The van der Waals surface area contributed by atoms with E-state index in [0.29, 0.717) is 5.75 Å². The van der Waals surface area contributed by atoms with E-state index in [1.165, 1.54) is 5.57 Å². The molecule has 0 aliphatic rings. The number of rotatable bonds is 5. The van der Waals surface area contributed by atoms with Crippen LogP contribution in [0.15, 0.2) is 42.0 Å². The van der Waals surface area contributed by atoms with Gasteiger partial charge in [-0.1, -0.05) is 29.8 Å². The highest BCUT2D eigenvalue weighted by atomic mass is 16.7. The molecule has 18 heavy (non-hydrogen) atoms. The monoisotopic (exact) mass is 248 g/mol. The van der Waals surface area contributed by atoms with Crippen LogP contribution in [-0.2, 0) is 4.74 Å². The number of carbonyl (C=O) groups is 1. The molecule has 0 fully saturated rings. The molecule has 1 atom stereocenters. The van der Waals surface area contributed by atoms with Crippen LogP contribution in [0, 0.1) is 0 Å². The second kappa shape index (κ2) is 7.54. The Balaban J connectivity index is 2.29. The van der Waals surface area contributed by atoms with Gasteiger partial charge in [0.25, 0.3) is 0 Å². The lowest BCUT2D eigenvalue weighted by Crippen LogP contribution is -2.18. The number of benzene rings is 1. The Morgan fingerprint density at radius 2 is 1.94 bits per heavy atom. The molecule has 0 heterocycles. The number of para-hydroxylation sites is 1. The largest absolute Gasteiger partial charge is 0.514 e. The van der Waals surface area contributed by atoms with E-state index in [9.17, 15) is 4.79 Å². The second-order valence-corrected chi connectivity index (χ2v) is 4.45. The van der Waals surface area contributed by atoms with E-state index in [-0.39, 0.29) is 6.10 Å². The van der Waals surface area contributed by atoms with Crippen LogP contribution in [0.3, 0.4) is 0 Å². The molecule has 0 saturated carbocycles. The summed E-state index contributed by atoms with van der Waals surface area (Å²) >= 11 is 0. The van der Waals surface area contributed by atoms with Crippen molar-refractivity contribution in [3.63, 3.8) is 0 Å². The van der Waals surface area contributed by atoms with Crippen LogP contribution in [0.1, 0.15) is 33.6 Å². The number of carbonyl (C=O) groups excluding carboxylic acids is 1. The van der Waals surface area contributed by atoms with Crippen molar-refractivity contribution in [2.24, 2.45) is 0 Å². The van der Waals surface area contributed by atoms with Crippen molar-refractivity contribution in [2.75, 3.05) is 0 Å². The fourth-order valence-corrected chi connectivity index (χ4v) is 1.44. The van der Waals surface area contributed by atoms with Crippen molar-refractivity contribution in [3.05, 3.63) is 42.0 Å². The molecule has 0 bridgehead atoms. The van der Waals surface area contributed by atoms with E-state index in [1.54, 1.807) is 24.3 Å². The summed E-state index contributed by atoms with van der Waals surface area (Å²) in [6.45, 7) is 5.97. The third kappa shape index (κ3) is 6.09. The number of hydrogen-bond acceptors (Lipinski definition) is 3. The zero-order valence-electron chi connectivity index (χ0n) is 11.2. The SMILES string of the molecule is CC(C)=CCCC(C)OC(=O)Oc1ccccc1. The molecule has 1 aromatic rings. The maximum Gasteiger partial charge on any atom is 0.514 e. The summed E-state index contributed by atoms with van der Waals surface area (Å²) in [7, 11) is 0. The van der Waals surface area contributed by atoms with Crippen LogP contribution >= 0.6 is 0 Å². The molecular weight excluding hydrogens is 228 g/mol. The number of hydrogen-bond donors (Lipinski definition) is 0. The van der Waals surface area contributed by atoms with Crippen LogP contribution in [0.5, 0.6) is 5.75 Å². The molecule has 98 valence electrons. The van der Waals surface area contributed by atoms with Gasteiger partial charge >= 0.3 is 6.16 Å². The first-order chi connectivity index (χ1) is 8.58. The summed E-state index contributed by atoms with van der Waals surface area (Å²) in [4.78, 5) is 11.5. The lowest BCUT2D eigenvalue weighted by molar-refractivity contribution is 0.0628. The molecular formula is C15H20O3. The van der Waals surface area contributed by atoms with Crippen LogP contribution in [0.4, 0.5) is 4.79 Å². The van der Waals surface area contributed by atoms with Gasteiger partial charge in [-0.05, 0) is 45.7 Å². The Morgan fingerprint density at radius 1 is 1.28 bits per heavy atom. The Bertz CT molecular complexity index is 391. The van der Waals surface area contributed by atoms with E-state index < -0.39 is 6.16 Å². The lowest BCUT2D eigenvalue weighted by atomic mass is 10.2. The van der Waals surface area contributed by atoms with Crippen molar-refractivity contribution in [1.82, 2.24) is 0 Å². The van der Waals surface area contributed by atoms with Gasteiger partial charge in [0.2, 0.25) is 0 Å². The van der Waals surface area contributed by atoms with Crippen molar-refractivity contribution in [3.8, 4) is 5.75 Å². The van der Waals surface area contributed by atoms with Gasteiger partial charge < -0.3 is 9.47 Å². The maximum absolute atomic E-state index is 11.5. The third-order valence-corrected chi connectivity index (χ3v) is 2.37. The second-order valence-electron chi connectivity index (χ2n) is 4.45.